The first kappa shape index (κ1) is 12.3. The van der Waals surface area contributed by atoms with Gasteiger partial charge in [0.25, 0.3) is 0 Å². The lowest BCUT2D eigenvalue weighted by Gasteiger charge is -2.23. The Morgan fingerprint density at radius 3 is 3.00 bits per heavy atom. The standard InChI is InChI=1S/C14H17FN4/c1-9-6-11(15)3-4-12(9)14-18-17-13-5-2-10(7-16)8-19(13)14/h3-4,6,10H,2,5,7-8,16H2,1H3. The molecule has 0 radical (unpaired) electrons. The van der Waals surface area contributed by atoms with Crippen LogP contribution in [0.3, 0.4) is 0 Å². The minimum atomic E-state index is -0.223. The Hall–Kier alpha value is -1.75. The van der Waals surface area contributed by atoms with Gasteiger partial charge in [0.2, 0.25) is 0 Å². The van der Waals surface area contributed by atoms with Gasteiger partial charge in [-0.05, 0) is 49.6 Å². The quantitative estimate of drug-likeness (QED) is 0.897. The summed E-state index contributed by atoms with van der Waals surface area (Å²) in [7, 11) is 0. The molecule has 0 saturated heterocycles. The zero-order chi connectivity index (χ0) is 13.4. The lowest BCUT2D eigenvalue weighted by molar-refractivity contribution is 0.375. The van der Waals surface area contributed by atoms with Gasteiger partial charge in [0.15, 0.2) is 5.82 Å². The van der Waals surface area contributed by atoms with Gasteiger partial charge in [-0.1, -0.05) is 0 Å². The molecule has 0 spiro atoms. The SMILES string of the molecule is Cc1cc(F)ccc1-c1nnc2n1CC(CN)CC2. The summed E-state index contributed by atoms with van der Waals surface area (Å²) in [6.45, 7) is 3.42. The number of hydrogen-bond acceptors (Lipinski definition) is 3. The summed E-state index contributed by atoms with van der Waals surface area (Å²) in [4.78, 5) is 0. The van der Waals surface area contributed by atoms with Crippen LogP contribution in [-0.2, 0) is 13.0 Å². The van der Waals surface area contributed by atoms with Gasteiger partial charge in [0.05, 0.1) is 0 Å². The highest BCUT2D eigenvalue weighted by Gasteiger charge is 2.23. The number of nitrogens with two attached hydrogens (primary N) is 1. The average Bonchev–Trinajstić information content (AvgIpc) is 2.81. The molecule has 0 amide bonds. The van der Waals surface area contributed by atoms with Crippen LogP contribution in [0.25, 0.3) is 11.4 Å². The van der Waals surface area contributed by atoms with E-state index in [0.717, 1.165) is 42.2 Å². The van der Waals surface area contributed by atoms with Gasteiger partial charge in [-0.2, -0.15) is 0 Å². The van der Waals surface area contributed by atoms with E-state index >= 15 is 0 Å². The summed E-state index contributed by atoms with van der Waals surface area (Å²) < 4.78 is 15.3. The molecule has 19 heavy (non-hydrogen) atoms. The van der Waals surface area contributed by atoms with Gasteiger partial charge >= 0.3 is 0 Å². The number of benzene rings is 1. The molecule has 100 valence electrons. The molecule has 2 N–H and O–H groups in total. The Kier molecular flexibility index (Phi) is 3.06. The molecule has 1 aromatic carbocycles. The molecule has 2 aromatic rings. The van der Waals surface area contributed by atoms with Gasteiger partial charge in [-0.25, -0.2) is 4.39 Å². The third-order valence-electron chi connectivity index (χ3n) is 3.81. The third-order valence-corrected chi connectivity index (χ3v) is 3.81. The predicted molar refractivity (Wildman–Crippen MR) is 71.0 cm³/mol. The van der Waals surface area contributed by atoms with Crippen molar-refractivity contribution < 1.29 is 4.39 Å². The summed E-state index contributed by atoms with van der Waals surface area (Å²) in [5.74, 6) is 2.08. The minimum absolute atomic E-state index is 0.223. The van der Waals surface area contributed by atoms with E-state index in [1.807, 2.05) is 6.92 Å². The van der Waals surface area contributed by atoms with Crippen LogP contribution < -0.4 is 5.73 Å². The highest BCUT2D eigenvalue weighted by atomic mass is 19.1. The Morgan fingerprint density at radius 1 is 1.42 bits per heavy atom. The number of rotatable bonds is 2. The highest BCUT2D eigenvalue weighted by molar-refractivity contribution is 5.60. The topological polar surface area (TPSA) is 56.7 Å². The van der Waals surface area contributed by atoms with Gasteiger partial charge < -0.3 is 10.3 Å². The first-order valence-electron chi connectivity index (χ1n) is 6.57. The summed E-state index contributed by atoms with van der Waals surface area (Å²) in [6.07, 6.45) is 1.98. The smallest absolute Gasteiger partial charge is 0.164 e. The maximum Gasteiger partial charge on any atom is 0.164 e. The van der Waals surface area contributed by atoms with Gasteiger partial charge in [0.1, 0.15) is 11.6 Å². The largest absolute Gasteiger partial charge is 0.330 e. The van der Waals surface area contributed by atoms with Crippen molar-refractivity contribution in [2.75, 3.05) is 6.54 Å². The van der Waals surface area contributed by atoms with E-state index in [2.05, 4.69) is 14.8 Å². The van der Waals surface area contributed by atoms with E-state index < -0.39 is 0 Å². The van der Waals surface area contributed by atoms with Crippen LogP contribution >= 0.6 is 0 Å². The fourth-order valence-corrected chi connectivity index (χ4v) is 2.66. The summed E-state index contributed by atoms with van der Waals surface area (Å²) in [5, 5.41) is 8.52. The van der Waals surface area contributed by atoms with Crippen molar-refractivity contribution in [1.82, 2.24) is 14.8 Å². The molecule has 1 aliphatic rings. The third kappa shape index (κ3) is 2.14. The lowest BCUT2D eigenvalue weighted by atomic mass is 9.99. The molecule has 1 atom stereocenters. The van der Waals surface area contributed by atoms with E-state index in [1.54, 1.807) is 6.07 Å². The van der Waals surface area contributed by atoms with E-state index in [1.165, 1.54) is 12.1 Å². The summed E-state index contributed by atoms with van der Waals surface area (Å²) >= 11 is 0. The van der Waals surface area contributed by atoms with Crippen LogP contribution in [-0.4, -0.2) is 21.3 Å². The second kappa shape index (κ2) is 4.74. The van der Waals surface area contributed by atoms with Crippen LogP contribution in [0.1, 0.15) is 17.8 Å². The number of fused-ring (bicyclic) bond motifs is 1. The summed E-state index contributed by atoms with van der Waals surface area (Å²) in [6, 6.07) is 4.77. The van der Waals surface area contributed by atoms with Crippen molar-refractivity contribution in [2.45, 2.75) is 26.3 Å². The molecule has 4 nitrogen and oxygen atoms in total. The second-order valence-electron chi connectivity index (χ2n) is 5.15. The Balaban J connectivity index is 2.05. The van der Waals surface area contributed by atoms with Crippen molar-refractivity contribution in [1.29, 1.82) is 0 Å². The normalized spacial score (nSPS) is 18.4. The fraction of sp³-hybridized carbons (Fsp3) is 0.429. The predicted octanol–water partition coefficient (Wildman–Crippen LogP) is 1.91. The van der Waals surface area contributed by atoms with Crippen molar-refractivity contribution in [3.63, 3.8) is 0 Å². The van der Waals surface area contributed by atoms with Crippen LogP contribution in [0.2, 0.25) is 0 Å². The number of nitrogens with zero attached hydrogens (tertiary/aromatic N) is 3. The highest BCUT2D eigenvalue weighted by Crippen LogP contribution is 2.27. The lowest BCUT2D eigenvalue weighted by Crippen LogP contribution is -2.26. The van der Waals surface area contributed by atoms with Gasteiger partial charge in [-0.3, -0.25) is 0 Å². The van der Waals surface area contributed by atoms with Crippen LogP contribution in [0.4, 0.5) is 4.39 Å². The molecular weight excluding hydrogens is 243 g/mol. The van der Waals surface area contributed by atoms with E-state index in [-0.39, 0.29) is 5.82 Å². The molecule has 5 heteroatoms. The fourth-order valence-electron chi connectivity index (χ4n) is 2.66. The minimum Gasteiger partial charge on any atom is -0.330 e. The zero-order valence-electron chi connectivity index (χ0n) is 10.9. The summed E-state index contributed by atoms with van der Waals surface area (Å²) in [5.41, 5.74) is 7.59. The molecular formula is C14H17FN4. The molecule has 2 heterocycles. The molecule has 0 bridgehead atoms. The van der Waals surface area contributed by atoms with E-state index in [0.29, 0.717) is 12.5 Å². The van der Waals surface area contributed by atoms with Gasteiger partial charge in [0, 0.05) is 18.5 Å². The Labute approximate surface area is 111 Å². The number of aromatic nitrogens is 3. The monoisotopic (exact) mass is 260 g/mol. The van der Waals surface area contributed by atoms with E-state index in [4.69, 9.17) is 5.73 Å². The number of hydrogen-bond donors (Lipinski definition) is 1. The van der Waals surface area contributed by atoms with Crippen molar-refractivity contribution in [3.8, 4) is 11.4 Å². The Morgan fingerprint density at radius 2 is 2.26 bits per heavy atom. The second-order valence-corrected chi connectivity index (χ2v) is 5.15. The zero-order valence-corrected chi connectivity index (χ0v) is 10.9. The number of halogens is 1. The molecule has 1 aromatic heterocycles. The van der Waals surface area contributed by atoms with Crippen molar-refractivity contribution >= 4 is 0 Å². The Bertz CT molecular complexity index is 605. The van der Waals surface area contributed by atoms with E-state index in [9.17, 15) is 4.39 Å². The van der Waals surface area contributed by atoms with Crippen LogP contribution in [0.5, 0.6) is 0 Å². The molecule has 3 rings (SSSR count). The maximum atomic E-state index is 13.2. The first-order valence-corrected chi connectivity index (χ1v) is 6.57. The van der Waals surface area contributed by atoms with Gasteiger partial charge in [-0.15, -0.1) is 10.2 Å². The van der Waals surface area contributed by atoms with Crippen LogP contribution in [0.15, 0.2) is 18.2 Å². The molecule has 0 fully saturated rings. The maximum absolute atomic E-state index is 13.2. The first-order chi connectivity index (χ1) is 9.19. The molecule has 1 aliphatic heterocycles. The molecule has 0 saturated carbocycles. The van der Waals surface area contributed by atoms with Crippen molar-refractivity contribution in [3.05, 3.63) is 35.4 Å². The number of aryl methyl sites for hydroxylation is 2. The molecule has 1 unspecified atom stereocenters. The van der Waals surface area contributed by atoms with Crippen molar-refractivity contribution in [2.24, 2.45) is 11.7 Å². The molecule has 0 aliphatic carbocycles. The van der Waals surface area contributed by atoms with Crippen LogP contribution in [0, 0.1) is 18.7 Å². The average molecular weight is 260 g/mol.